The summed E-state index contributed by atoms with van der Waals surface area (Å²) in [4.78, 5) is 26.7. The molecule has 194 valence electrons. The van der Waals surface area contributed by atoms with E-state index in [1.54, 1.807) is 42.5 Å². The number of esters is 1. The molecule has 0 bridgehead atoms. The summed E-state index contributed by atoms with van der Waals surface area (Å²) in [5, 5.41) is 0. The van der Waals surface area contributed by atoms with Crippen LogP contribution in [0.2, 0.25) is 0 Å². The third kappa shape index (κ3) is 4.83. The van der Waals surface area contributed by atoms with Crippen molar-refractivity contribution >= 4 is 44.2 Å². The van der Waals surface area contributed by atoms with Crippen molar-refractivity contribution in [3.05, 3.63) is 101 Å². The molecule has 0 amide bonds. The summed E-state index contributed by atoms with van der Waals surface area (Å²) in [6, 6.07) is 17.5. The van der Waals surface area contributed by atoms with Crippen LogP contribution in [-0.4, -0.2) is 27.3 Å². The van der Waals surface area contributed by atoms with Gasteiger partial charge in [0.1, 0.15) is 21.8 Å². The molecule has 0 aromatic heterocycles. The summed E-state index contributed by atoms with van der Waals surface area (Å²) in [6.07, 6.45) is -1.36. The van der Waals surface area contributed by atoms with Crippen LogP contribution in [0, 0.1) is 17.0 Å². The lowest BCUT2D eigenvalue weighted by molar-refractivity contribution is -0.161. The van der Waals surface area contributed by atoms with Crippen molar-refractivity contribution in [3.63, 3.8) is 0 Å². The van der Waals surface area contributed by atoms with Crippen LogP contribution in [-0.2, 0) is 39.8 Å². The van der Waals surface area contributed by atoms with Crippen LogP contribution in [0.5, 0.6) is 0 Å². The highest BCUT2D eigenvalue weighted by Crippen LogP contribution is 2.54. The first-order chi connectivity index (χ1) is 17.6. The monoisotopic (exact) mass is 638 g/mol. The molecule has 0 N–H and O–H groups in total. The molecule has 37 heavy (non-hydrogen) atoms. The maximum absolute atomic E-state index is 15.4. The van der Waals surface area contributed by atoms with E-state index in [0.717, 1.165) is 30.9 Å². The minimum atomic E-state index is -4.44. The maximum atomic E-state index is 15.4. The van der Waals surface area contributed by atoms with E-state index in [2.05, 4.69) is 22.6 Å². The molecule has 0 radical (unpaired) electrons. The average Bonchev–Trinajstić information content (AvgIpc) is 2.91. The molecule has 1 aliphatic rings. The van der Waals surface area contributed by atoms with Crippen LogP contribution in [0.3, 0.4) is 0 Å². The highest BCUT2D eigenvalue weighted by Gasteiger charge is 2.61. The second kappa shape index (κ2) is 10.6. The summed E-state index contributed by atoms with van der Waals surface area (Å²) >= 11 is 2.15. The molecule has 9 heteroatoms. The minimum absolute atomic E-state index is 0.0995. The van der Waals surface area contributed by atoms with Crippen molar-refractivity contribution in [1.29, 1.82) is 0 Å². The van der Waals surface area contributed by atoms with Gasteiger partial charge in [0, 0.05) is 16.4 Å². The van der Waals surface area contributed by atoms with E-state index in [-0.39, 0.29) is 24.2 Å². The lowest BCUT2D eigenvalue weighted by Crippen LogP contribution is -2.54. The topological polar surface area (TPSA) is 77.5 Å². The Balaban J connectivity index is 1.99. The summed E-state index contributed by atoms with van der Waals surface area (Å²) in [7, 11) is -3.31. The van der Waals surface area contributed by atoms with Crippen LogP contribution in [0.4, 0.5) is 8.78 Å². The van der Waals surface area contributed by atoms with Crippen molar-refractivity contribution in [3.8, 4) is 0 Å². The molecule has 2 atom stereocenters. The number of hydrogen-bond acceptors (Lipinski definition) is 5. The Kier molecular flexibility index (Phi) is 7.85. The first kappa shape index (κ1) is 27.4. The van der Waals surface area contributed by atoms with Gasteiger partial charge in [-0.05, 0) is 60.7 Å². The molecule has 0 aliphatic heterocycles. The molecular formula is C28H25F2IO5S. The van der Waals surface area contributed by atoms with Gasteiger partial charge in [-0.1, -0.05) is 65.1 Å². The number of benzene rings is 3. The molecule has 4 rings (SSSR count). The predicted octanol–water partition coefficient (Wildman–Crippen LogP) is 5.72. The number of carbonyl (C=O) groups is 2. The summed E-state index contributed by atoms with van der Waals surface area (Å²) in [5.74, 6) is -3.15. The van der Waals surface area contributed by atoms with Crippen molar-refractivity contribution in [1.82, 2.24) is 0 Å². The third-order valence-corrected chi connectivity index (χ3v) is 10.5. The number of ketones is 1. The molecule has 3 aromatic carbocycles. The zero-order valence-electron chi connectivity index (χ0n) is 20.0. The Bertz CT molecular complexity index is 1420. The summed E-state index contributed by atoms with van der Waals surface area (Å²) in [6.45, 7) is 0. The van der Waals surface area contributed by atoms with Gasteiger partial charge in [0.2, 0.25) is 0 Å². The lowest BCUT2D eigenvalue weighted by atomic mass is 9.63. The fraction of sp³-hybridized carbons (Fsp3) is 0.286. The van der Waals surface area contributed by atoms with Gasteiger partial charge in [-0.3, -0.25) is 9.59 Å². The summed E-state index contributed by atoms with van der Waals surface area (Å²) < 4.78 is 62.2. The zero-order valence-corrected chi connectivity index (χ0v) is 23.0. The first-order valence-electron chi connectivity index (χ1n) is 11.6. The van der Waals surface area contributed by atoms with E-state index < -0.39 is 55.4 Å². The minimum Gasteiger partial charge on any atom is -0.468 e. The van der Waals surface area contributed by atoms with E-state index in [9.17, 15) is 22.4 Å². The van der Waals surface area contributed by atoms with Gasteiger partial charge >= 0.3 is 5.97 Å². The molecular weight excluding hydrogens is 613 g/mol. The molecule has 2 unspecified atom stereocenters. The number of methoxy groups -OCH3 is 1. The van der Waals surface area contributed by atoms with Crippen LogP contribution in [0.25, 0.3) is 0 Å². The Hall–Kier alpha value is -2.66. The zero-order chi connectivity index (χ0) is 26.8. The van der Waals surface area contributed by atoms with Crippen LogP contribution in [0.1, 0.15) is 36.0 Å². The average molecular weight is 638 g/mol. The van der Waals surface area contributed by atoms with Crippen LogP contribution >= 0.6 is 22.6 Å². The van der Waals surface area contributed by atoms with Crippen molar-refractivity contribution in [2.24, 2.45) is 5.41 Å². The molecule has 0 saturated heterocycles. The number of carbonyl (C=O) groups excluding carboxylic acids is 2. The number of Topliss-reactive ketones (excluding diaryl/α,β-unsaturated/α-hetero) is 1. The number of ether oxygens (including phenoxy) is 1. The summed E-state index contributed by atoms with van der Waals surface area (Å²) in [5.41, 5.74) is -0.820. The van der Waals surface area contributed by atoms with Gasteiger partial charge in [0.15, 0.2) is 15.6 Å². The highest BCUT2D eigenvalue weighted by molar-refractivity contribution is 14.1. The molecule has 0 spiro atoms. The predicted molar refractivity (Wildman–Crippen MR) is 143 cm³/mol. The number of halogens is 3. The Labute approximate surface area is 228 Å². The Morgan fingerprint density at radius 3 is 2.30 bits per heavy atom. The van der Waals surface area contributed by atoms with Gasteiger partial charge in [-0.2, -0.15) is 0 Å². The molecule has 5 nitrogen and oxygen atoms in total. The van der Waals surface area contributed by atoms with Crippen LogP contribution < -0.4 is 0 Å². The van der Waals surface area contributed by atoms with Gasteiger partial charge in [-0.15, -0.1) is 0 Å². The standard InChI is InChI=1S/C28H25F2IO5S/c1-36-26(33)27(16-19-5-3-2-4-6-19)18-28(14-13-25(27)32,23-15-21(29)9-12-24(23)30)37(34,35)22-10-7-20(17-31)8-11-22/h2-12,15H,13-14,16-18H2,1H3. The van der Waals surface area contributed by atoms with E-state index >= 15 is 4.39 Å². The highest BCUT2D eigenvalue weighted by atomic mass is 127. The SMILES string of the molecule is COC(=O)C1(Cc2ccccc2)CC(c2cc(F)ccc2F)(S(=O)(=O)c2ccc(CI)cc2)CCC1=O. The van der Waals surface area contributed by atoms with E-state index in [1.165, 1.54) is 12.1 Å². The van der Waals surface area contributed by atoms with Gasteiger partial charge in [0.25, 0.3) is 0 Å². The van der Waals surface area contributed by atoms with Gasteiger partial charge < -0.3 is 4.74 Å². The fourth-order valence-corrected chi connectivity index (χ4v) is 7.93. The second-order valence-corrected chi connectivity index (χ2v) is 12.3. The molecule has 1 saturated carbocycles. The quantitative estimate of drug-likeness (QED) is 0.143. The Morgan fingerprint density at radius 1 is 1.00 bits per heavy atom. The lowest BCUT2D eigenvalue weighted by Gasteiger charge is -2.45. The third-order valence-electron chi connectivity index (χ3n) is 7.12. The number of sulfone groups is 1. The van der Waals surface area contributed by atoms with E-state index in [1.807, 2.05) is 0 Å². The molecule has 0 heterocycles. The largest absolute Gasteiger partial charge is 0.468 e. The Morgan fingerprint density at radius 2 is 1.68 bits per heavy atom. The normalized spacial score (nSPS) is 22.0. The fourth-order valence-electron chi connectivity index (χ4n) is 5.22. The number of hydrogen-bond donors (Lipinski definition) is 0. The van der Waals surface area contributed by atoms with Gasteiger partial charge in [0.05, 0.1) is 12.0 Å². The number of rotatable bonds is 7. The van der Waals surface area contributed by atoms with E-state index in [0.29, 0.717) is 9.99 Å². The van der Waals surface area contributed by atoms with E-state index in [4.69, 9.17) is 4.74 Å². The first-order valence-corrected chi connectivity index (χ1v) is 14.6. The smallest absolute Gasteiger partial charge is 0.319 e. The maximum Gasteiger partial charge on any atom is 0.319 e. The van der Waals surface area contributed by atoms with Crippen molar-refractivity contribution < 1.29 is 31.5 Å². The molecule has 1 fully saturated rings. The molecule has 1 aliphatic carbocycles. The van der Waals surface area contributed by atoms with Gasteiger partial charge in [-0.25, -0.2) is 17.2 Å². The van der Waals surface area contributed by atoms with Crippen molar-refractivity contribution in [2.75, 3.05) is 7.11 Å². The van der Waals surface area contributed by atoms with Crippen molar-refractivity contribution in [2.45, 2.75) is 39.8 Å². The second-order valence-electron chi connectivity index (χ2n) is 9.24. The molecule has 3 aromatic rings. The van der Waals surface area contributed by atoms with Crippen LogP contribution in [0.15, 0.2) is 77.7 Å². The number of alkyl halides is 1.